The van der Waals surface area contributed by atoms with Crippen molar-refractivity contribution in [1.29, 1.82) is 0 Å². The first-order chi connectivity index (χ1) is 14.8. The molecular weight excluding hydrogens is 389 g/mol. The van der Waals surface area contributed by atoms with Gasteiger partial charge in [0.1, 0.15) is 7.85 Å². The fourth-order valence-corrected chi connectivity index (χ4v) is 3.35. The summed E-state index contributed by atoms with van der Waals surface area (Å²) in [5.74, 6) is -1.82. The number of ketones is 1. The Kier molecular flexibility index (Phi) is 6.51. The Morgan fingerprint density at radius 1 is 1.06 bits per heavy atom. The third-order valence-electron chi connectivity index (χ3n) is 4.82. The lowest BCUT2D eigenvalue weighted by Crippen LogP contribution is -2.21. The largest absolute Gasteiger partial charge is 0.478 e. The van der Waals surface area contributed by atoms with Crippen LogP contribution in [-0.4, -0.2) is 29.3 Å². The number of carboxylic acids is 1. The van der Waals surface area contributed by atoms with Crippen LogP contribution in [0, 0.1) is 0 Å². The molecule has 1 aromatic heterocycles. The Morgan fingerprint density at radius 2 is 1.71 bits per heavy atom. The minimum Gasteiger partial charge on any atom is -0.478 e. The number of hydrogen-bond donors (Lipinski definition) is 1. The van der Waals surface area contributed by atoms with Gasteiger partial charge in [0, 0.05) is 23.7 Å². The molecule has 0 atom stereocenters. The number of pyridine rings is 1. The van der Waals surface area contributed by atoms with Gasteiger partial charge in [-0.15, -0.1) is 6.58 Å². The van der Waals surface area contributed by atoms with Crippen molar-refractivity contribution >= 4 is 30.5 Å². The number of aromatic nitrogens is 1. The molecule has 0 fully saturated rings. The number of carbonyl (C=O) groups excluding carboxylic acids is 1. The van der Waals surface area contributed by atoms with E-state index in [1.54, 1.807) is 24.3 Å². The molecule has 1 heterocycles. The highest BCUT2D eigenvalue weighted by molar-refractivity contribution is 6.23. The first kappa shape index (κ1) is 21.8. The lowest BCUT2D eigenvalue weighted by atomic mass is 9.97. The summed E-state index contributed by atoms with van der Waals surface area (Å²) in [6, 6.07) is 13.0. The first-order valence-electron chi connectivity index (χ1n) is 9.78. The molecule has 31 heavy (non-hydrogen) atoms. The maximum atomic E-state index is 13.2. The van der Waals surface area contributed by atoms with Crippen molar-refractivity contribution in [3.63, 3.8) is 0 Å². The molecule has 0 saturated carbocycles. The molecule has 1 N–H and O–H groups in total. The van der Waals surface area contributed by atoms with E-state index in [2.05, 4.69) is 6.58 Å². The molecule has 0 amide bonds. The third-order valence-corrected chi connectivity index (χ3v) is 4.82. The zero-order valence-corrected chi connectivity index (χ0v) is 17.5. The van der Waals surface area contributed by atoms with Gasteiger partial charge in [-0.3, -0.25) is 9.59 Å². The molecule has 0 aliphatic heterocycles. The lowest BCUT2D eigenvalue weighted by Gasteiger charge is -2.14. The molecule has 0 spiro atoms. The summed E-state index contributed by atoms with van der Waals surface area (Å²) >= 11 is 0. The van der Waals surface area contributed by atoms with E-state index in [1.165, 1.54) is 18.3 Å². The number of para-hydroxylation sites is 1. The van der Waals surface area contributed by atoms with Gasteiger partial charge >= 0.3 is 5.97 Å². The maximum Gasteiger partial charge on any atom is 0.336 e. The van der Waals surface area contributed by atoms with Crippen molar-refractivity contribution < 1.29 is 14.7 Å². The number of aromatic carboxylic acids is 1. The van der Waals surface area contributed by atoms with E-state index in [0.717, 1.165) is 11.0 Å². The van der Waals surface area contributed by atoms with Gasteiger partial charge in [-0.1, -0.05) is 59.6 Å². The van der Waals surface area contributed by atoms with E-state index in [9.17, 15) is 19.5 Å². The number of fused-ring (bicyclic) bond motifs is 1. The van der Waals surface area contributed by atoms with Crippen LogP contribution in [0.25, 0.3) is 10.9 Å². The molecule has 0 bridgehead atoms. The smallest absolute Gasteiger partial charge is 0.336 e. The van der Waals surface area contributed by atoms with Crippen molar-refractivity contribution in [3.8, 4) is 0 Å². The fraction of sp³-hybridized carbons (Fsp3) is 0.0800. The molecule has 3 aromatic rings. The van der Waals surface area contributed by atoms with Crippen molar-refractivity contribution in [1.82, 2.24) is 4.57 Å². The van der Waals surface area contributed by atoms with Crippen LogP contribution in [0.3, 0.4) is 0 Å². The van der Waals surface area contributed by atoms with Crippen LogP contribution in [0.5, 0.6) is 0 Å². The van der Waals surface area contributed by atoms with Crippen LogP contribution in [0.15, 0.2) is 95.4 Å². The number of hydrogen-bond acceptors (Lipinski definition) is 3. The summed E-state index contributed by atoms with van der Waals surface area (Å²) < 4.78 is 1.84. The third kappa shape index (κ3) is 4.81. The zero-order chi connectivity index (χ0) is 22.5. The normalized spacial score (nSPS) is 11.7. The average Bonchev–Trinajstić information content (AvgIpc) is 2.75. The second kappa shape index (κ2) is 9.26. The van der Waals surface area contributed by atoms with Crippen LogP contribution in [0.4, 0.5) is 0 Å². The fourth-order valence-electron chi connectivity index (χ4n) is 3.35. The van der Waals surface area contributed by atoms with Gasteiger partial charge in [-0.2, -0.15) is 0 Å². The minimum absolute atomic E-state index is 0.00872. The van der Waals surface area contributed by atoms with E-state index in [-0.39, 0.29) is 16.7 Å². The topological polar surface area (TPSA) is 76.4 Å². The van der Waals surface area contributed by atoms with Gasteiger partial charge < -0.3 is 9.67 Å². The van der Waals surface area contributed by atoms with Crippen molar-refractivity contribution in [2.24, 2.45) is 0 Å². The number of carbonyl (C=O) groups is 2. The molecule has 0 unspecified atom stereocenters. The monoisotopic (exact) mass is 411 g/mol. The number of nitrogens with zero attached hydrogens (tertiary/aromatic N) is 1. The molecule has 6 heteroatoms. The van der Waals surface area contributed by atoms with E-state index >= 15 is 0 Å². The van der Waals surface area contributed by atoms with Crippen LogP contribution >= 0.6 is 0 Å². The average molecular weight is 411 g/mol. The quantitative estimate of drug-likeness (QED) is 0.366. The highest BCUT2D eigenvalue weighted by Crippen LogP contribution is 2.18. The van der Waals surface area contributed by atoms with Crippen LogP contribution in [0.2, 0.25) is 0 Å². The summed E-state index contributed by atoms with van der Waals surface area (Å²) in [4.78, 5) is 37.9. The maximum absolute atomic E-state index is 13.2. The van der Waals surface area contributed by atoms with Gasteiger partial charge in [0.05, 0.1) is 16.6 Å². The predicted molar refractivity (Wildman–Crippen MR) is 126 cm³/mol. The summed E-state index contributed by atoms with van der Waals surface area (Å²) in [6.07, 6.45) is 7.26. The van der Waals surface area contributed by atoms with Gasteiger partial charge in [-0.25, -0.2) is 4.79 Å². The number of rotatable bonds is 7. The zero-order valence-electron chi connectivity index (χ0n) is 17.5. The molecule has 0 saturated heterocycles. The van der Waals surface area contributed by atoms with Crippen LogP contribution < -0.4 is 5.43 Å². The molecule has 2 aromatic carbocycles. The molecule has 0 radical (unpaired) electrons. The molecule has 3 rings (SSSR count). The molecule has 5 nitrogen and oxygen atoms in total. The lowest BCUT2D eigenvalue weighted by molar-refractivity contribution is 0.0692. The van der Waals surface area contributed by atoms with Crippen molar-refractivity contribution in [2.75, 3.05) is 0 Å². The van der Waals surface area contributed by atoms with E-state index in [4.69, 9.17) is 0 Å². The van der Waals surface area contributed by atoms with Crippen LogP contribution in [0.1, 0.15) is 33.2 Å². The Balaban J connectivity index is 2.15. The Hall–Kier alpha value is -3.93. The predicted octanol–water partition coefficient (Wildman–Crippen LogP) is 3.58. The Morgan fingerprint density at radius 3 is 2.39 bits per heavy atom. The second-order valence-electron chi connectivity index (χ2n) is 7.42. The standard InChI is InChI=1S/C25H22BNO4/c1-16(8-7-9-17(2)26)14-27-15-21(24(29)20-12-5-6-13-22(20)27)23(28)18-10-3-4-11-19(18)25(30)31/h3-13,15H,2,14,26H2,1H3,(H,30,31)/b9-7-,16-8+. The molecule has 154 valence electrons. The molecular formula is C25H22BNO4. The van der Waals surface area contributed by atoms with Gasteiger partial charge in [0.2, 0.25) is 5.43 Å². The van der Waals surface area contributed by atoms with E-state index < -0.39 is 17.2 Å². The Labute approximate surface area is 181 Å². The Bertz CT molecular complexity index is 1310. The van der Waals surface area contributed by atoms with Gasteiger partial charge in [-0.05, 0) is 25.1 Å². The summed E-state index contributed by atoms with van der Waals surface area (Å²) in [7, 11) is 1.90. The number of allylic oxidation sites excluding steroid dienone is 5. The van der Waals surface area contributed by atoms with Crippen molar-refractivity contribution in [2.45, 2.75) is 13.5 Å². The van der Waals surface area contributed by atoms with Gasteiger partial charge in [0.25, 0.3) is 0 Å². The first-order valence-corrected chi connectivity index (χ1v) is 9.78. The van der Waals surface area contributed by atoms with Gasteiger partial charge in [0.15, 0.2) is 5.78 Å². The van der Waals surface area contributed by atoms with E-state index in [0.29, 0.717) is 17.4 Å². The summed E-state index contributed by atoms with van der Waals surface area (Å²) in [5.41, 5.74) is 2.03. The van der Waals surface area contributed by atoms with E-state index in [1.807, 2.05) is 49.7 Å². The highest BCUT2D eigenvalue weighted by atomic mass is 16.4. The number of carboxylic acid groups (broad SMARTS) is 1. The molecule has 0 aliphatic rings. The molecule has 0 aliphatic carbocycles. The highest BCUT2D eigenvalue weighted by Gasteiger charge is 2.21. The summed E-state index contributed by atoms with van der Waals surface area (Å²) in [5, 5.41) is 9.85. The van der Waals surface area contributed by atoms with Crippen molar-refractivity contribution in [3.05, 3.63) is 117 Å². The summed E-state index contributed by atoms with van der Waals surface area (Å²) in [6.45, 7) is 6.25. The SMILES string of the molecule is BC(=C)/C=C\C=C(/C)Cn1cc(C(=O)c2ccccc2C(=O)O)c(=O)c2ccccc21. The van der Waals surface area contributed by atoms with Crippen LogP contribution in [-0.2, 0) is 6.54 Å². The minimum atomic E-state index is -1.21. The number of benzene rings is 2. The second-order valence-corrected chi connectivity index (χ2v) is 7.42.